The summed E-state index contributed by atoms with van der Waals surface area (Å²) in [6, 6.07) is 3.34. The molecule has 6 nitrogen and oxygen atoms in total. The summed E-state index contributed by atoms with van der Waals surface area (Å²) >= 11 is 4.88. The zero-order valence-electron chi connectivity index (χ0n) is 14.2. The monoisotopic (exact) mass is 390 g/mol. The van der Waals surface area contributed by atoms with Crippen molar-refractivity contribution >= 4 is 23.3 Å². The maximum atomic E-state index is 13.5. The second-order valence-corrected chi connectivity index (χ2v) is 5.56. The van der Waals surface area contributed by atoms with Crippen LogP contribution in [0.25, 0.3) is 0 Å². The van der Waals surface area contributed by atoms with Crippen LogP contribution < -0.4 is 20.1 Å². The smallest absolute Gasteiger partial charge is 0.431 e. The Kier molecular flexibility index (Phi) is 5.96. The molecule has 0 amide bonds. The van der Waals surface area contributed by atoms with Crippen LogP contribution in [-0.4, -0.2) is 38.1 Å². The summed E-state index contributed by atoms with van der Waals surface area (Å²) in [4.78, 5) is 12.3. The number of thiocarbonyl (C=S) groups is 1. The third kappa shape index (κ3) is 4.01. The topological polar surface area (TPSA) is 68.8 Å². The van der Waals surface area contributed by atoms with Gasteiger partial charge in [-0.25, -0.2) is 4.79 Å². The zero-order chi connectivity index (χ0) is 19.5. The molecule has 0 unspecified atom stereocenters. The number of ether oxygens (including phenoxy) is 3. The molecule has 142 valence electrons. The lowest BCUT2D eigenvalue weighted by Crippen LogP contribution is -2.49. The van der Waals surface area contributed by atoms with Gasteiger partial charge in [-0.1, -0.05) is 6.07 Å². The molecule has 2 rings (SSSR count). The Morgan fingerprint density at radius 2 is 1.88 bits per heavy atom. The normalized spacial score (nSPS) is 17.3. The molecule has 1 aromatic carbocycles. The number of benzene rings is 1. The van der Waals surface area contributed by atoms with Gasteiger partial charge in [0.15, 0.2) is 16.6 Å². The summed E-state index contributed by atoms with van der Waals surface area (Å²) in [5.41, 5.74) is -1.53. The molecule has 0 aromatic heterocycles. The summed E-state index contributed by atoms with van der Waals surface area (Å²) in [5.74, 6) is -0.402. The van der Waals surface area contributed by atoms with Gasteiger partial charge >= 0.3 is 12.1 Å². The summed E-state index contributed by atoms with van der Waals surface area (Å²) < 4.78 is 55.5. The second kappa shape index (κ2) is 7.81. The van der Waals surface area contributed by atoms with E-state index in [1.807, 2.05) is 5.32 Å². The van der Waals surface area contributed by atoms with Crippen LogP contribution in [-0.2, 0) is 9.53 Å². The zero-order valence-corrected chi connectivity index (χ0v) is 15.0. The average molecular weight is 390 g/mol. The Bertz CT molecular complexity index is 750. The molecule has 0 saturated heterocycles. The summed E-state index contributed by atoms with van der Waals surface area (Å²) in [7, 11) is 2.83. The Morgan fingerprint density at radius 1 is 1.23 bits per heavy atom. The van der Waals surface area contributed by atoms with E-state index in [9.17, 15) is 18.0 Å². The number of hydrogen-bond acceptors (Lipinski definition) is 5. The lowest BCUT2D eigenvalue weighted by molar-refractivity contribution is -0.140. The first kappa shape index (κ1) is 19.8. The third-order valence-corrected chi connectivity index (χ3v) is 3.81. The summed E-state index contributed by atoms with van der Waals surface area (Å²) in [6.07, 6.45) is -4.82. The van der Waals surface area contributed by atoms with Crippen LogP contribution in [0.3, 0.4) is 0 Å². The van der Waals surface area contributed by atoms with E-state index in [2.05, 4.69) is 5.32 Å². The number of allylic oxidation sites excluding steroid dienone is 1. The van der Waals surface area contributed by atoms with Crippen LogP contribution >= 0.6 is 12.2 Å². The maximum absolute atomic E-state index is 13.5. The second-order valence-electron chi connectivity index (χ2n) is 5.15. The van der Waals surface area contributed by atoms with E-state index in [-0.39, 0.29) is 11.7 Å². The molecule has 1 heterocycles. The molecule has 10 heteroatoms. The Balaban J connectivity index is 2.63. The van der Waals surface area contributed by atoms with Crippen LogP contribution in [0.4, 0.5) is 13.2 Å². The fraction of sp³-hybridized carbons (Fsp3) is 0.375. The van der Waals surface area contributed by atoms with Crippen LogP contribution in [0.1, 0.15) is 18.5 Å². The molecule has 1 aliphatic rings. The Morgan fingerprint density at radius 3 is 2.42 bits per heavy atom. The van der Waals surface area contributed by atoms with Crippen molar-refractivity contribution in [2.24, 2.45) is 0 Å². The molecule has 0 spiro atoms. The van der Waals surface area contributed by atoms with E-state index in [0.29, 0.717) is 17.1 Å². The summed E-state index contributed by atoms with van der Waals surface area (Å²) in [6.45, 7) is 1.43. The number of hydrogen-bond donors (Lipinski definition) is 2. The van der Waals surface area contributed by atoms with Crippen LogP contribution in [0.2, 0.25) is 0 Å². The van der Waals surface area contributed by atoms with E-state index < -0.39 is 29.5 Å². The van der Waals surface area contributed by atoms with Gasteiger partial charge in [0.25, 0.3) is 0 Å². The van der Waals surface area contributed by atoms with Gasteiger partial charge in [-0.05, 0) is 36.8 Å². The van der Waals surface area contributed by atoms with Crippen LogP contribution in [0.15, 0.2) is 29.5 Å². The molecular formula is C16H17F3N2O4S. The van der Waals surface area contributed by atoms with Gasteiger partial charge in [0.1, 0.15) is 5.70 Å². The molecule has 1 aliphatic heterocycles. The highest BCUT2D eigenvalue weighted by molar-refractivity contribution is 7.80. The maximum Gasteiger partial charge on any atom is 0.431 e. The molecule has 1 aromatic rings. The highest BCUT2D eigenvalue weighted by Gasteiger charge is 2.45. The van der Waals surface area contributed by atoms with E-state index in [0.717, 1.165) is 0 Å². The van der Waals surface area contributed by atoms with Crippen molar-refractivity contribution in [1.82, 2.24) is 10.6 Å². The largest absolute Gasteiger partial charge is 0.493 e. The number of carbonyl (C=O) groups excluding carboxylic acids is 1. The number of nitrogens with one attached hydrogen (secondary N) is 2. The Hall–Kier alpha value is -2.49. The van der Waals surface area contributed by atoms with Gasteiger partial charge in [-0.15, -0.1) is 0 Å². The van der Waals surface area contributed by atoms with Crippen molar-refractivity contribution in [2.75, 3.05) is 20.8 Å². The minimum absolute atomic E-state index is 0.0728. The fourth-order valence-corrected chi connectivity index (χ4v) is 2.72. The quantitative estimate of drug-likeness (QED) is 0.592. The third-order valence-electron chi connectivity index (χ3n) is 3.59. The molecule has 0 fully saturated rings. The van der Waals surface area contributed by atoms with E-state index in [1.165, 1.54) is 39.3 Å². The number of esters is 1. The highest BCUT2D eigenvalue weighted by Crippen LogP contribution is 2.38. The predicted molar refractivity (Wildman–Crippen MR) is 90.9 cm³/mol. The number of carbonyl (C=O) groups is 1. The molecule has 26 heavy (non-hydrogen) atoms. The van der Waals surface area contributed by atoms with Crippen molar-refractivity contribution in [2.45, 2.75) is 19.1 Å². The van der Waals surface area contributed by atoms with Crippen LogP contribution in [0.5, 0.6) is 11.5 Å². The molecule has 0 radical (unpaired) electrons. The SMILES string of the molecule is CCOC(=O)C1=C(C(F)(F)F)NC(=S)N[C@H]1c1ccc(OC)c(OC)c1. The standard InChI is InChI=1S/C16H17F3N2O4S/c1-4-25-14(22)11-12(20-15(26)21-13(11)16(17,18)19)8-5-6-9(23-2)10(7-8)24-3/h5-7,12H,4H2,1-3H3,(H2,20,21,26)/t12-/m0/s1. The van der Waals surface area contributed by atoms with Crippen molar-refractivity contribution in [3.8, 4) is 11.5 Å². The molecule has 0 saturated carbocycles. The van der Waals surface area contributed by atoms with Gasteiger partial charge in [0, 0.05) is 0 Å². The van der Waals surface area contributed by atoms with Crippen molar-refractivity contribution in [3.05, 3.63) is 35.0 Å². The van der Waals surface area contributed by atoms with E-state index in [1.54, 1.807) is 0 Å². The lowest BCUT2D eigenvalue weighted by Gasteiger charge is -2.31. The van der Waals surface area contributed by atoms with Crippen LogP contribution in [0, 0.1) is 0 Å². The number of methoxy groups -OCH3 is 2. The number of rotatable bonds is 5. The van der Waals surface area contributed by atoms with Crippen molar-refractivity contribution < 1.29 is 32.2 Å². The predicted octanol–water partition coefficient (Wildman–Crippen LogP) is 2.60. The minimum atomic E-state index is -4.82. The molecule has 2 N–H and O–H groups in total. The molecular weight excluding hydrogens is 373 g/mol. The fourth-order valence-electron chi connectivity index (χ4n) is 2.50. The number of halogens is 3. The number of alkyl halides is 3. The molecule has 0 aliphatic carbocycles. The first-order valence-corrected chi connectivity index (χ1v) is 7.91. The highest BCUT2D eigenvalue weighted by atomic mass is 32.1. The molecule has 0 bridgehead atoms. The van der Waals surface area contributed by atoms with Gasteiger partial charge in [-0.2, -0.15) is 13.2 Å². The van der Waals surface area contributed by atoms with E-state index in [4.69, 9.17) is 26.4 Å². The van der Waals surface area contributed by atoms with Gasteiger partial charge in [0.2, 0.25) is 0 Å². The van der Waals surface area contributed by atoms with Crippen molar-refractivity contribution in [3.63, 3.8) is 0 Å². The minimum Gasteiger partial charge on any atom is -0.493 e. The van der Waals surface area contributed by atoms with Gasteiger partial charge < -0.3 is 24.8 Å². The first-order valence-electron chi connectivity index (χ1n) is 7.50. The average Bonchev–Trinajstić information content (AvgIpc) is 2.59. The lowest BCUT2D eigenvalue weighted by atomic mass is 9.94. The molecule has 1 atom stereocenters. The van der Waals surface area contributed by atoms with Gasteiger partial charge in [-0.3, -0.25) is 0 Å². The Labute approximate surface area is 153 Å². The van der Waals surface area contributed by atoms with Gasteiger partial charge in [0.05, 0.1) is 32.4 Å². The first-order chi connectivity index (χ1) is 12.2. The van der Waals surface area contributed by atoms with Crippen molar-refractivity contribution in [1.29, 1.82) is 0 Å². The summed E-state index contributed by atoms with van der Waals surface area (Å²) in [5, 5.41) is 4.43. The van der Waals surface area contributed by atoms with E-state index >= 15 is 0 Å².